The van der Waals surface area contributed by atoms with E-state index in [1.54, 1.807) is 12.1 Å². The first-order valence-electron chi connectivity index (χ1n) is 8.06. The first-order chi connectivity index (χ1) is 12.1. The molecule has 0 bridgehead atoms. The first kappa shape index (κ1) is 17.5. The molecule has 0 aliphatic heterocycles. The Morgan fingerprint density at radius 2 is 1.92 bits per heavy atom. The molecule has 130 valence electrons. The first-order valence-corrected chi connectivity index (χ1v) is 8.43. The summed E-state index contributed by atoms with van der Waals surface area (Å²) < 4.78 is 1.87. The Morgan fingerprint density at radius 3 is 2.60 bits per heavy atom. The van der Waals surface area contributed by atoms with Gasteiger partial charge in [0.15, 0.2) is 0 Å². The highest BCUT2D eigenvalue weighted by molar-refractivity contribution is 6.30. The lowest BCUT2D eigenvalue weighted by atomic mass is 10.1. The lowest BCUT2D eigenvalue weighted by Gasteiger charge is -2.10. The van der Waals surface area contributed by atoms with Crippen molar-refractivity contribution in [3.63, 3.8) is 0 Å². The third kappa shape index (κ3) is 3.69. The fourth-order valence-electron chi connectivity index (χ4n) is 2.68. The summed E-state index contributed by atoms with van der Waals surface area (Å²) in [5.41, 5.74) is 4.76. The van der Waals surface area contributed by atoms with Crippen LogP contribution in [0.2, 0.25) is 5.02 Å². The summed E-state index contributed by atoms with van der Waals surface area (Å²) in [5, 5.41) is 22.6. The molecule has 6 heteroatoms. The van der Waals surface area contributed by atoms with Gasteiger partial charge in [-0.3, -0.25) is 0 Å². The summed E-state index contributed by atoms with van der Waals surface area (Å²) in [5.74, 6) is 0. The molecule has 0 aliphatic rings. The number of fused-ring (bicyclic) bond motifs is 1. The maximum Gasteiger partial charge on any atom is 0.137 e. The Bertz CT molecular complexity index is 888. The standard InChI is InChI=1S/C19H20ClN3O2/c1-13(21-9-2-10-24)15-5-8-18-22-19(17(12-25)23(18)11-15)14-3-6-16(20)7-4-14/h3-8,11,21,24-25H,1-2,9-10,12H2. The molecule has 3 rings (SSSR count). The predicted octanol–water partition coefficient (Wildman–Crippen LogP) is 3.09. The molecule has 2 aromatic heterocycles. The molecule has 0 saturated carbocycles. The van der Waals surface area contributed by atoms with Gasteiger partial charge in [0.1, 0.15) is 5.65 Å². The molecule has 0 aliphatic carbocycles. The zero-order valence-corrected chi connectivity index (χ0v) is 14.5. The average Bonchev–Trinajstić information content (AvgIpc) is 3.00. The number of aromatic nitrogens is 2. The maximum absolute atomic E-state index is 9.87. The molecular weight excluding hydrogens is 338 g/mol. The zero-order valence-electron chi connectivity index (χ0n) is 13.7. The summed E-state index contributed by atoms with van der Waals surface area (Å²) >= 11 is 5.95. The minimum absolute atomic E-state index is 0.132. The molecule has 3 N–H and O–H groups in total. The topological polar surface area (TPSA) is 69.8 Å². The van der Waals surface area contributed by atoms with Crippen molar-refractivity contribution in [2.24, 2.45) is 0 Å². The molecule has 0 fully saturated rings. The van der Waals surface area contributed by atoms with Crippen molar-refractivity contribution < 1.29 is 10.2 Å². The normalized spacial score (nSPS) is 11.0. The molecule has 0 atom stereocenters. The van der Waals surface area contributed by atoms with Gasteiger partial charge < -0.3 is 19.9 Å². The van der Waals surface area contributed by atoms with Crippen LogP contribution in [-0.2, 0) is 6.61 Å². The molecule has 1 aromatic carbocycles. The van der Waals surface area contributed by atoms with E-state index < -0.39 is 0 Å². The second kappa shape index (κ2) is 7.70. The van der Waals surface area contributed by atoms with E-state index in [-0.39, 0.29) is 13.2 Å². The van der Waals surface area contributed by atoms with E-state index in [4.69, 9.17) is 16.7 Å². The maximum atomic E-state index is 9.87. The number of pyridine rings is 1. The van der Waals surface area contributed by atoms with Crippen LogP contribution in [0.25, 0.3) is 22.6 Å². The second-order valence-electron chi connectivity index (χ2n) is 5.70. The van der Waals surface area contributed by atoms with Crippen LogP contribution >= 0.6 is 11.6 Å². The number of aliphatic hydroxyl groups is 2. The summed E-state index contributed by atoms with van der Waals surface area (Å²) in [4.78, 5) is 4.64. The van der Waals surface area contributed by atoms with Crippen molar-refractivity contribution in [1.82, 2.24) is 14.7 Å². The molecule has 0 unspecified atom stereocenters. The minimum Gasteiger partial charge on any atom is -0.396 e. The number of nitrogens with zero attached hydrogens (tertiary/aromatic N) is 2. The van der Waals surface area contributed by atoms with Crippen LogP contribution in [0.1, 0.15) is 17.7 Å². The molecule has 0 saturated heterocycles. The quantitative estimate of drug-likeness (QED) is 0.568. The van der Waals surface area contributed by atoms with Crippen molar-refractivity contribution in [2.75, 3.05) is 13.2 Å². The van der Waals surface area contributed by atoms with Crippen LogP contribution in [0.15, 0.2) is 49.2 Å². The van der Waals surface area contributed by atoms with Gasteiger partial charge in [0.25, 0.3) is 0 Å². The van der Waals surface area contributed by atoms with Crippen LogP contribution < -0.4 is 5.32 Å². The number of halogens is 1. The van der Waals surface area contributed by atoms with Gasteiger partial charge in [0.2, 0.25) is 0 Å². The van der Waals surface area contributed by atoms with Crippen molar-refractivity contribution in [2.45, 2.75) is 13.0 Å². The van der Waals surface area contributed by atoms with Crippen molar-refractivity contribution in [3.05, 3.63) is 65.5 Å². The molecular formula is C19H20ClN3O2. The third-order valence-electron chi connectivity index (χ3n) is 4.01. The SMILES string of the molecule is C=C(NCCCO)c1ccc2nc(-c3ccc(Cl)cc3)c(CO)n2c1. The van der Waals surface area contributed by atoms with Gasteiger partial charge in [0, 0.05) is 41.2 Å². The highest BCUT2D eigenvalue weighted by Gasteiger charge is 2.14. The lowest BCUT2D eigenvalue weighted by Crippen LogP contribution is -2.14. The van der Waals surface area contributed by atoms with Crippen LogP contribution in [0.5, 0.6) is 0 Å². The second-order valence-corrected chi connectivity index (χ2v) is 6.14. The summed E-state index contributed by atoms with van der Waals surface area (Å²) in [6.07, 6.45) is 2.57. The van der Waals surface area contributed by atoms with E-state index in [0.29, 0.717) is 23.7 Å². The Kier molecular flexibility index (Phi) is 5.38. The van der Waals surface area contributed by atoms with Gasteiger partial charge >= 0.3 is 0 Å². The minimum atomic E-state index is -0.132. The molecule has 0 spiro atoms. The van der Waals surface area contributed by atoms with Gasteiger partial charge in [-0.2, -0.15) is 0 Å². The molecule has 25 heavy (non-hydrogen) atoms. The van der Waals surface area contributed by atoms with Gasteiger partial charge in [-0.25, -0.2) is 4.98 Å². The number of hydrogen-bond donors (Lipinski definition) is 3. The molecule has 5 nitrogen and oxygen atoms in total. The number of aliphatic hydroxyl groups excluding tert-OH is 2. The highest BCUT2D eigenvalue weighted by Crippen LogP contribution is 2.26. The van der Waals surface area contributed by atoms with Crippen LogP contribution in [0, 0.1) is 0 Å². The Morgan fingerprint density at radius 1 is 1.16 bits per heavy atom. The molecule has 2 heterocycles. The van der Waals surface area contributed by atoms with Gasteiger partial charge in [-0.05, 0) is 30.7 Å². The lowest BCUT2D eigenvalue weighted by molar-refractivity contribution is 0.276. The largest absolute Gasteiger partial charge is 0.396 e. The third-order valence-corrected chi connectivity index (χ3v) is 4.26. The fourth-order valence-corrected chi connectivity index (χ4v) is 2.81. The van der Waals surface area contributed by atoms with E-state index in [1.807, 2.05) is 34.9 Å². The van der Waals surface area contributed by atoms with Crippen molar-refractivity contribution in [3.8, 4) is 11.3 Å². The van der Waals surface area contributed by atoms with Crippen LogP contribution in [-0.4, -0.2) is 32.7 Å². The van der Waals surface area contributed by atoms with E-state index in [1.165, 1.54) is 0 Å². The average molecular weight is 358 g/mol. The number of benzene rings is 1. The Labute approximate surface area is 151 Å². The van der Waals surface area contributed by atoms with Gasteiger partial charge in [-0.1, -0.05) is 30.3 Å². The Hall–Kier alpha value is -2.34. The molecule has 0 amide bonds. The number of rotatable bonds is 7. The van der Waals surface area contributed by atoms with Gasteiger partial charge in [-0.15, -0.1) is 0 Å². The van der Waals surface area contributed by atoms with E-state index in [0.717, 1.165) is 28.2 Å². The smallest absolute Gasteiger partial charge is 0.137 e. The summed E-state index contributed by atoms with van der Waals surface area (Å²) in [6, 6.07) is 11.2. The highest BCUT2D eigenvalue weighted by atomic mass is 35.5. The van der Waals surface area contributed by atoms with E-state index in [9.17, 15) is 5.11 Å². The van der Waals surface area contributed by atoms with E-state index >= 15 is 0 Å². The summed E-state index contributed by atoms with van der Waals surface area (Å²) in [6.45, 7) is 4.69. The van der Waals surface area contributed by atoms with Gasteiger partial charge in [0.05, 0.1) is 18.0 Å². The predicted molar refractivity (Wildman–Crippen MR) is 100 cm³/mol. The van der Waals surface area contributed by atoms with Crippen LogP contribution in [0.4, 0.5) is 0 Å². The van der Waals surface area contributed by atoms with Crippen molar-refractivity contribution in [1.29, 1.82) is 0 Å². The van der Waals surface area contributed by atoms with Crippen molar-refractivity contribution >= 4 is 22.9 Å². The molecule has 0 radical (unpaired) electrons. The monoisotopic (exact) mass is 357 g/mol. The fraction of sp³-hybridized carbons (Fsp3) is 0.211. The molecule has 3 aromatic rings. The number of hydrogen-bond acceptors (Lipinski definition) is 4. The summed E-state index contributed by atoms with van der Waals surface area (Å²) in [7, 11) is 0. The number of imidazole rings is 1. The Balaban J connectivity index is 1.99. The van der Waals surface area contributed by atoms with E-state index in [2.05, 4.69) is 16.9 Å². The zero-order chi connectivity index (χ0) is 17.8. The number of nitrogens with one attached hydrogen (secondary N) is 1. The van der Waals surface area contributed by atoms with Crippen LogP contribution in [0.3, 0.4) is 0 Å².